The number of carbonyl (C=O) groups excluding carboxylic acids is 1. The lowest BCUT2D eigenvalue weighted by Crippen LogP contribution is -2.57. The molecule has 1 fully saturated rings. The molecule has 0 aliphatic carbocycles. The minimum Gasteiger partial charge on any atom is -0.497 e. The number of hydrogen-bond acceptors (Lipinski definition) is 6. The van der Waals surface area contributed by atoms with E-state index in [9.17, 15) is 9.90 Å². The molecule has 0 radical (unpaired) electrons. The smallest absolute Gasteiger partial charge is 0.240 e. The average Bonchev–Trinajstić information content (AvgIpc) is 2.59. The van der Waals surface area contributed by atoms with Gasteiger partial charge in [-0.25, -0.2) is 0 Å². The number of ether oxygens (including phenoxy) is 3. The minimum absolute atomic E-state index is 0.0644. The molecule has 1 saturated heterocycles. The van der Waals surface area contributed by atoms with Crippen molar-refractivity contribution in [2.75, 3.05) is 34.0 Å². The number of nitrogens with one attached hydrogen (secondary N) is 1. The van der Waals surface area contributed by atoms with E-state index >= 15 is 0 Å². The van der Waals surface area contributed by atoms with Crippen molar-refractivity contribution in [3.8, 4) is 11.5 Å². The van der Waals surface area contributed by atoms with E-state index in [-0.39, 0.29) is 12.5 Å². The highest BCUT2D eigenvalue weighted by Gasteiger charge is 2.35. The molecule has 1 atom stereocenters. The van der Waals surface area contributed by atoms with Crippen LogP contribution in [0.2, 0.25) is 0 Å². The van der Waals surface area contributed by atoms with E-state index in [1.54, 1.807) is 18.2 Å². The molecule has 1 aromatic rings. The van der Waals surface area contributed by atoms with Gasteiger partial charge in [-0.15, -0.1) is 0 Å². The molecule has 7 heteroatoms. The van der Waals surface area contributed by atoms with Crippen LogP contribution in [-0.4, -0.2) is 50.5 Å². The van der Waals surface area contributed by atoms with E-state index in [4.69, 9.17) is 19.9 Å². The van der Waals surface area contributed by atoms with Crippen LogP contribution in [0.25, 0.3) is 0 Å². The van der Waals surface area contributed by atoms with Gasteiger partial charge in [-0.3, -0.25) is 4.79 Å². The van der Waals surface area contributed by atoms with Crippen molar-refractivity contribution in [1.29, 1.82) is 0 Å². The van der Waals surface area contributed by atoms with Crippen LogP contribution in [-0.2, 0) is 9.53 Å². The molecule has 0 aromatic heterocycles. The fourth-order valence-corrected chi connectivity index (χ4v) is 2.47. The Morgan fingerprint density at radius 1 is 1.30 bits per heavy atom. The highest BCUT2D eigenvalue weighted by molar-refractivity contribution is 5.86. The summed E-state index contributed by atoms with van der Waals surface area (Å²) in [5, 5.41) is 13.0. The molecule has 7 nitrogen and oxygen atoms in total. The van der Waals surface area contributed by atoms with E-state index in [0.717, 1.165) is 0 Å². The summed E-state index contributed by atoms with van der Waals surface area (Å²) in [4.78, 5) is 12.2. The third kappa shape index (κ3) is 4.34. The molecule has 1 amide bonds. The molecule has 2 rings (SSSR count). The number of aliphatic hydroxyl groups excluding tert-OH is 1. The summed E-state index contributed by atoms with van der Waals surface area (Å²) in [7, 11) is 3.08. The average molecular weight is 324 g/mol. The van der Waals surface area contributed by atoms with Crippen LogP contribution in [0.3, 0.4) is 0 Å². The first kappa shape index (κ1) is 17.5. The lowest BCUT2D eigenvalue weighted by molar-refractivity contribution is -0.130. The van der Waals surface area contributed by atoms with E-state index < -0.39 is 11.6 Å². The highest BCUT2D eigenvalue weighted by Crippen LogP contribution is 2.26. The predicted octanol–water partition coefficient (Wildman–Crippen LogP) is 0.361. The van der Waals surface area contributed by atoms with Gasteiger partial charge in [0.05, 0.1) is 25.9 Å². The van der Waals surface area contributed by atoms with Crippen molar-refractivity contribution in [1.82, 2.24) is 5.32 Å². The number of amides is 1. The zero-order chi connectivity index (χ0) is 16.9. The molecule has 0 spiro atoms. The zero-order valence-electron chi connectivity index (χ0n) is 13.5. The first-order chi connectivity index (χ1) is 11.0. The molecule has 0 bridgehead atoms. The quantitative estimate of drug-likeness (QED) is 0.698. The van der Waals surface area contributed by atoms with E-state index in [1.807, 2.05) is 0 Å². The second-order valence-electron chi connectivity index (χ2n) is 5.64. The monoisotopic (exact) mass is 324 g/mol. The third-order valence-electron chi connectivity index (χ3n) is 4.05. The Hall–Kier alpha value is -1.83. The summed E-state index contributed by atoms with van der Waals surface area (Å²) in [5.41, 5.74) is 5.78. The maximum absolute atomic E-state index is 12.2. The summed E-state index contributed by atoms with van der Waals surface area (Å²) >= 11 is 0. The van der Waals surface area contributed by atoms with Gasteiger partial charge in [-0.2, -0.15) is 0 Å². The SMILES string of the molecule is COc1cc(OC)cc(C(O)CNC(=O)C2(N)CCOCC2)c1. The molecule has 1 aromatic carbocycles. The normalized spacial score (nSPS) is 18.1. The number of hydrogen-bond donors (Lipinski definition) is 3. The third-order valence-corrected chi connectivity index (χ3v) is 4.05. The number of methoxy groups -OCH3 is 2. The maximum atomic E-state index is 12.2. The van der Waals surface area contributed by atoms with Gasteiger partial charge in [0.2, 0.25) is 5.91 Å². The van der Waals surface area contributed by atoms with Gasteiger partial charge in [-0.1, -0.05) is 0 Å². The number of carbonyl (C=O) groups is 1. The van der Waals surface area contributed by atoms with Gasteiger partial charge < -0.3 is 30.4 Å². The predicted molar refractivity (Wildman–Crippen MR) is 84.5 cm³/mol. The number of aliphatic hydroxyl groups is 1. The number of rotatable bonds is 6. The van der Waals surface area contributed by atoms with Gasteiger partial charge in [-0.05, 0) is 30.5 Å². The van der Waals surface area contributed by atoms with Gasteiger partial charge in [0.1, 0.15) is 11.5 Å². The van der Waals surface area contributed by atoms with E-state index in [0.29, 0.717) is 43.1 Å². The summed E-state index contributed by atoms with van der Waals surface area (Å²) in [6, 6.07) is 5.11. The van der Waals surface area contributed by atoms with Crippen LogP contribution < -0.4 is 20.5 Å². The Balaban J connectivity index is 1.99. The lowest BCUT2D eigenvalue weighted by atomic mass is 9.90. The summed E-state index contributed by atoms with van der Waals surface area (Å²) in [6.45, 7) is 1.01. The molecule has 128 valence electrons. The van der Waals surface area contributed by atoms with Gasteiger partial charge in [0.25, 0.3) is 0 Å². The van der Waals surface area contributed by atoms with Crippen LogP contribution in [0.5, 0.6) is 11.5 Å². The Morgan fingerprint density at radius 3 is 2.39 bits per heavy atom. The van der Waals surface area contributed by atoms with Gasteiger partial charge in [0.15, 0.2) is 0 Å². The molecule has 1 aliphatic heterocycles. The standard InChI is InChI=1S/C16H24N2O5/c1-21-12-7-11(8-13(9-12)22-2)14(19)10-18-15(20)16(17)3-5-23-6-4-16/h7-9,14,19H,3-6,10,17H2,1-2H3,(H,18,20). The first-order valence-electron chi connectivity index (χ1n) is 7.54. The Labute approximate surface area is 135 Å². The lowest BCUT2D eigenvalue weighted by Gasteiger charge is -2.32. The molecule has 1 heterocycles. The summed E-state index contributed by atoms with van der Waals surface area (Å²) in [5.74, 6) is 0.878. The Morgan fingerprint density at radius 2 is 1.87 bits per heavy atom. The first-order valence-corrected chi connectivity index (χ1v) is 7.54. The molecular weight excluding hydrogens is 300 g/mol. The van der Waals surface area contributed by atoms with Crippen LogP contribution in [0.4, 0.5) is 0 Å². The van der Waals surface area contributed by atoms with Gasteiger partial charge in [0, 0.05) is 25.8 Å². The fraction of sp³-hybridized carbons (Fsp3) is 0.562. The van der Waals surface area contributed by atoms with Crippen molar-refractivity contribution < 1.29 is 24.1 Å². The van der Waals surface area contributed by atoms with E-state index in [1.165, 1.54) is 14.2 Å². The summed E-state index contributed by atoms with van der Waals surface area (Å²) in [6.07, 6.45) is 0.0653. The van der Waals surface area contributed by atoms with Crippen molar-refractivity contribution >= 4 is 5.91 Å². The van der Waals surface area contributed by atoms with Gasteiger partial charge >= 0.3 is 0 Å². The highest BCUT2D eigenvalue weighted by atomic mass is 16.5. The minimum atomic E-state index is -0.927. The topological polar surface area (TPSA) is 103 Å². The molecule has 0 saturated carbocycles. The van der Waals surface area contributed by atoms with Crippen molar-refractivity contribution in [2.45, 2.75) is 24.5 Å². The van der Waals surface area contributed by atoms with Crippen molar-refractivity contribution in [3.05, 3.63) is 23.8 Å². The fourth-order valence-electron chi connectivity index (χ4n) is 2.47. The second kappa shape index (κ2) is 7.63. The Bertz CT molecular complexity index is 521. The van der Waals surface area contributed by atoms with Crippen molar-refractivity contribution in [2.24, 2.45) is 5.73 Å². The molecule has 1 unspecified atom stereocenters. The largest absolute Gasteiger partial charge is 0.497 e. The van der Waals surface area contributed by atoms with Crippen LogP contribution in [0, 0.1) is 0 Å². The van der Waals surface area contributed by atoms with Crippen LogP contribution in [0.1, 0.15) is 24.5 Å². The maximum Gasteiger partial charge on any atom is 0.240 e. The van der Waals surface area contributed by atoms with Crippen LogP contribution >= 0.6 is 0 Å². The number of nitrogens with two attached hydrogens (primary N) is 1. The van der Waals surface area contributed by atoms with Crippen molar-refractivity contribution in [3.63, 3.8) is 0 Å². The second-order valence-corrected chi connectivity index (χ2v) is 5.64. The molecule has 1 aliphatic rings. The number of benzene rings is 1. The van der Waals surface area contributed by atoms with Crippen LogP contribution in [0.15, 0.2) is 18.2 Å². The summed E-state index contributed by atoms with van der Waals surface area (Å²) < 4.78 is 15.6. The Kier molecular flexibility index (Phi) is 5.81. The molecular formula is C16H24N2O5. The zero-order valence-corrected chi connectivity index (χ0v) is 13.5. The van der Waals surface area contributed by atoms with E-state index in [2.05, 4.69) is 5.32 Å². The molecule has 23 heavy (non-hydrogen) atoms. The molecule has 4 N–H and O–H groups in total.